The molecule has 0 aliphatic carbocycles. The van der Waals surface area contributed by atoms with Crippen LogP contribution in [0.5, 0.6) is 0 Å². The predicted molar refractivity (Wildman–Crippen MR) is 88.6 cm³/mol. The third-order valence-electron chi connectivity index (χ3n) is 3.86. The van der Waals surface area contributed by atoms with Crippen LogP contribution in [0.4, 0.5) is 0 Å². The van der Waals surface area contributed by atoms with Gasteiger partial charge in [0.25, 0.3) is 0 Å². The fourth-order valence-corrected chi connectivity index (χ4v) is 2.37. The van der Waals surface area contributed by atoms with Gasteiger partial charge in [-0.25, -0.2) is 0 Å². The van der Waals surface area contributed by atoms with Crippen molar-refractivity contribution in [1.29, 1.82) is 0 Å². The minimum atomic E-state index is 0. The molecule has 0 atom stereocenters. The molecule has 0 spiro atoms. The largest absolute Gasteiger partial charge is 0.385 e. The van der Waals surface area contributed by atoms with E-state index in [4.69, 9.17) is 4.74 Å². The molecule has 1 heterocycles. The third-order valence-corrected chi connectivity index (χ3v) is 3.86. The molecule has 0 aromatic heterocycles. The second-order valence-corrected chi connectivity index (χ2v) is 7.12. The molecule has 0 radical (unpaired) electrons. The van der Waals surface area contributed by atoms with Crippen LogP contribution in [0.1, 0.15) is 35.0 Å². The molecule has 1 aliphatic heterocycles. The molecule has 5 heteroatoms. The number of nitrogens with one attached hydrogen (secondary N) is 1. The van der Waals surface area contributed by atoms with Crippen molar-refractivity contribution < 1.29 is 11.0 Å². The smallest absolute Gasteiger partial charge is 0.234 e. The quantitative estimate of drug-likeness (QED) is 0.689. The fraction of sp³-hybridized carbons (Fsp3) is 0.938. The van der Waals surface area contributed by atoms with Crippen molar-refractivity contribution in [2.75, 3.05) is 59.5 Å². The van der Waals surface area contributed by atoms with Gasteiger partial charge in [-0.05, 0) is 24.8 Å². The zero-order valence-corrected chi connectivity index (χ0v) is 14.3. The fourth-order valence-electron chi connectivity index (χ4n) is 2.37. The highest BCUT2D eigenvalue weighted by Crippen LogP contribution is 2.19. The van der Waals surface area contributed by atoms with Gasteiger partial charge in [-0.2, -0.15) is 0 Å². The van der Waals surface area contributed by atoms with Crippen LogP contribution in [-0.2, 0) is 9.53 Å². The highest BCUT2D eigenvalue weighted by atomic mass is 16.5. The van der Waals surface area contributed by atoms with Crippen LogP contribution in [-0.4, -0.2) is 75.2 Å². The molecule has 126 valence electrons. The second kappa shape index (κ2) is 9.38. The molecule has 1 N–H and O–H groups in total. The Morgan fingerprint density at radius 2 is 1.81 bits per heavy atom. The molecule has 1 rings (SSSR count). The van der Waals surface area contributed by atoms with Crippen molar-refractivity contribution >= 4 is 5.91 Å². The monoisotopic (exact) mass is 301 g/mol. The van der Waals surface area contributed by atoms with Crippen LogP contribution >= 0.6 is 0 Å². The summed E-state index contributed by atoms with van der Waals surface area (Å²) in [5, 5.41) is 2.95. The SMILES string of the molecule is COCCCNC(=O)CN1CCN(CCC(C)(C)C)CC1.[HH]. The molecule has 0 aromatic rings. The number of carbonyl (C=O) groups excluding carboxylic acids is 1. The number of hydrogen-bond donors (Lipinski definition) is 1. The number of nitrogens with zero attached hydrogens (tertiary/aromatic N) is 2. The lowest BCUT2D eigenvalue weighted by molar-refractivity contribution is -0.122. The van der Waals surface area contributed by atoms with Crippen molar-refractivity contribution in [1.82, 2.24) is 15.1 Å². The van der Waals surface area contributed by atoms with E-state index < -0.39 is 0 Å². The average molecular weight is 301 g/mol. The number of methoxy groups -OCH3 is 1. The maximum absolute atomic E-state index is 11.8. The Balaban J connectivity index is 0.00000441. The number of piperazine rings is 1. The average Bonchev–Trinajstić information content (AvgIpc) is 2.42. The highest BCUT2D eigenvalue weighted by molar-refractivity contribution is 5.77. The van der Waals surface area contributed by atoms with E-state index in [9.17, 15) is 4.79 Å². The van der Waals surface area contributed by atoms with Gasteiger partial charge >= 0.3 is 0 Å². The molecular formula is C16H35N3O2. The van der Waals surface area contributed by atoms with Crippen LogP contribution in [0.2, 0.25) is 0 Å². The van der Waals surface area contributed by atoms with E-state index >= 15 is 0 Å². The van der Waals surface area contributed by atoms with Gasteiger partial charge in [0.1, 0.15) is 0 Å². The first-order valence-electron chi connectivity index (χ1n) is 8.11. The Labute approximate surface area is 131 Å². The first-order valence-corrected chi connectivity index (χ1v) is 8.11. The lowest BCUT2D eigenvalue weighted by atomic mass is 9.92. The van der Waals surface area contributed by atoms with E-state index in [-0.39, 0.29) is 7.33 Å². The Morgan fingerprint density at radius 1 is 1.19 bits per heavy atom. The van der Waals surface area contributed by atoms with Crippen molar-refractivity contribution in [2.45, 2.75) is 33.6 Å². The Morgan fingerprint density at radius 3 is 2.38 bits per heavy atom. The lowest BCUT2D eigenvalue weighted by Gasteiger charge is -2.35. The first kappa shape index (κ1) is 18.4. The minimum Gasteiger partial charge on any atom is -0.385 e. The van der Waals surface area contributed by atoms with Crippen LogP contribution in [0, 0.1) is 5.41 Å². The summed E-state index contributed by atoms with van der Waals surface area (Å²) in [6.45, 7) is 14.1. The Hall–Kier alpha value is -0.650. The number of rotatable bonds is 8. The molecule has 1 aliphatic rings. The second-order valence-electron chi connectivity index (χ2n) is 7.12. The van der Waals surface area contributed by atoms with Crippen molar-refractivity contribution in [3.63, 3.8) is 0 Å². The van der Waals surface area contributed by atoms with E-state index in [2.05, 4.69) is 35.9 Å². The summed E-state index contributed by atoms with van der Waals surface area (Å²) in [7, 11) is 1.68. The van der Waals surface area contributed by atoms with Crippen molar-refractivity contribution in [3.8, 4) is 0 Å². The van der Waals surface area contributed by atoms with E-state index in [1.54, 1.807) is 7.11 Å². The van der Waals surface area contributed by atoms with Gasteiger partial charge in [0.2, 0.25) is 5.91 Å². The van der Waals surface area contributed by atoms with Crippen molar-refractivity contribution in [3.05, 3.63) is 0 Å². The number of hydrogen-bond acceptors (Lipinski definition) is 4. The number of carbonyl (C=O) groups is 1. The molecule has 0 unspecified atom stereocenters. The summed E-state index contributed by atoms with van der Waals surface area (Å²) in [6, 6.07) is 0. The maximum atomic E-state index is 11.8. The summed E-state index contributed by atoms with van der Waals surface area (Å²) in [6.07, 6.45) is 2.11. The standard InChI is InChI=1S/C16H33N3O2.H2/c1-16(2,3)6-8-18-9-11-19(12-10-18)14-15(20)17-7-5-13-21-4;/h5-14H2,1-4H3,(H,17,20);1H. The van der Waals surface area contributed by atoms with Crippen LogP contribution in [0.3, 0.4) is 0 Å². The number of ether oxygens (including phenoxy) is 1. The Bertz CT molecular complexity index is 300. The molecule has 21 heavy (non-hydrogen) atoms. The summed E-state index contributed by atoms with van der Waals surface area (Å²) < 4.78 is 4.96. The van der Waals surface area contributed by atoms with Gasteiger partial charge in [0.05, 0.1) is 6.54 Å². The van der Waals surface area contributed by atoms with E-state index in [0.717, 1.165) is 32.6 Å². The Kier molecular flexibility index (Phi) is 8.22. The van der Waals surface area contributed by atoms with Gasteiger partial charge in [-0.15, -0.1) is 0 Å². The molecule has 0 aromatic carbocycles. The van der Waals surface area contributed by atoms with Crippen LogP contribution in [0.25, 0.3) is 0 Å². The summed E-state index contributed by atoms with van der Waals surface area (Å²) in [5.41, 5.74) is 0.402. The van der Waals surface area contributed by atoms with E-state index in [1.165, 1.54) is 13.0 Å². The summed E-state index contributed by atoms with van der Waals surface area (Å²) in [4.78, 5) is 16.6. The van der Waals surface area contributed by atoms with E-state index in [1.807, 2.05) is 0 Å². The normalized spacial score (nSPS) is 17.9. The first-order chi connectivity index (χ1) is 9.90. The predicted octanol–water partition coefficient (Wildman–Crippen LogP) is 1.44. The van der Waals surface area contributed by atoms with Gasteiger partial charge in [-0.1, -0.05) is 20.8 Å². The van der Waals surface area contributed by atoms with Crippen LogP contribution < -0.4 is 5.32 Å². The molecule has 5 nitrogen and oxygen atoms in total. The van der Waals surface area contributed by atoms with Gasteiger partial charge in [0, 0.05) is 47.9 Å². The van der Waals surface area contributed by atoms with Crippen molar-refractivity contribution in [2.24, 2.45) is 5.41 Å². The summed E-state index contributed by atoms with van der Waals surface area (Å²) >= 11 is 0. The van der Waals surface area contributed by atoms with Gasteiger partial charge in [-0.3, -0.25) is 9.69 Å². The number of amides is 1. The van der Waals surface area contributed by atoms with Gasteiger partial charge in [0.15, 0.2) is 0 Å². The topological polar surface area (TPSA) is 44.8 Å². The zero-order chi connectivity index (χ0) is 15.7. The summed E-state index contributed by atoms with van der Waals surface area (Å²) in [5.74, 6) is 0.134. The third kappa shape index (κ3) is 9.06. The molecule has 0 saturated carbocycles. The van der Waals surface area contributed by atoms with Gasteiger partial charge < -0.3 is 15.0 Å². The zero-order valence-electron chi connectivity index (χ0n) is 14.3. The lowest BCUT2D eigenvalue weighted by Crippen LogP contribution is -2.49. The molecule has 1 amide bonds. The molecular weight excluding hydrogens is 266 g/mol. The van der Waals surface area contributed by atoms with E-state index in [0.29, 0.717) is 25.1 Å². The molecule has 1 saturated heterocycles. The molecule has 0 bridgehead atoms. The minimum absolute atomic E-state index is 0. The maximum Gasteiger partial charge on any atom is 0.234 e. The van der Waals surface area contributed by atoms with Crippen LogP contribution in [0.15, 0.2) is 0 Å². The molecule has 1 fully saturated rings. The highest BCUT2D eigenvalue weighted by Gasteiger charge is 2.20.